The van der Waals surface area contributed by atoms with Crippen LogP contribution >= 0.6 is 11.6 Å². The van der Waals surface area contributed by atoms with Gasteiger partial charge in [0.05, 0.1) is 6.21 Å². The lowest BCUT2D eigenvalue weighted by Gasteiger charge is -2.12. The minimum Gasteiger partial charge on any atom is -0.481 e. The molecule has 2 aromatic carbocycles. The van der Waals surface area contributed by atoms with E-state index in [1.54, 1.807) is 37.4 Å². The Hall–Kier alpha value is -2.33. The third-order valence-corrected chi connectivity index (χ3v) is 2.94. The summed E-state index contributed by atoms with van der Waals surface area (Å²) in [5.74, 6) is 0.256. The van der Waals surface area contributed by atoms with Crippen LogP contribution in [0.4, 0.5) is 0 Å². The van der Waals surface area contributed by atoms with Gasteiger partial charge in [0.1, 0.15) is 5.75 Å². The van der Waals surface area contributed by atoms with E-state index in [0.717, 1.165) is 5.56 Å². The summed E-state index contributed by atoms with van der Waals surface area (Å²) < 4.78 is 5.49. The van der Waals surface area contributed by atoms with Crippen LogP contribution in [0, 0.1) is 0 Å². The second-order valence-corrected chi connectivity index (χ2v) is 4.80. The molecule has 0 radical (unpaired) electrons. The molecule has 0 bridgehead atoms. The molecule has 1 atom stereocenters. The maximum Gasteiger partial charge on any atom is 0.280 e. The van der Waals surface area contributed by atoms with Crippen molar-refractivity contribution in [2.45, 2.75) is 13.0 Å². The van der Waals surface area contributed by atoms with Crippen molar-refractivity contribution in [3.05, 3.63) is 65.2 Å². The molecule has 0 aromatic heterocycles. The summed E-state index contributed by atoms with van der Waals surface area (Å²) in [6, 6.07) is 16.3. The number of halogens is 1. The molecule has 0 saturated carbocycles. The number of benzene rings is 2. The predicted molar refractivity (Wildman–Crippen MR) is 83.7 cm³/mol. The Bertz CT molecular complexity index is 612. The van der Waals surface area contributed by atoms with E-state index in [-0.39, 0.29) is 5.91 Å². The second-order valence-electron chi connectivity index (χ2n) is 4.36. The van der Waals surface area contributed by atoms with E-state index >= 15 is 0 Å². The van der Waals surface area contributed by atoms with E-state index in [2.05, 4.69) is 10.5 Å². The van der Waals surface area contributed by atoms with Crippen LogP contribution in [-0.4, -0.2) is 18.2 Å². The molecule has 0 aliphatic rings. The summed E-state index contributed by atoms with van der Waals surface area (Å²) in [5.41, 5.74) is 3.35. The van der Waals surface area contributed by atoms with E-state index in [0.29, 0.717) is 10.8 Å². The number of hydrogen-bond donors (Lipinski definition) is 1. The first kappa shape index (κ1) is 15.1. The zero-order valence-electron chi connectivity index (χ0n) is 11.5. The lowest BCUT2D eigenvalue weighted by atomic mass is 10.2. The summed E-state index contributed by atoms with van der Waals surface area (Å²) in [6.45, 7) is 1.65. The van der Waals surface area contributed by atoms with Gasteiger partial charge in [-0.1, -0.05) is 41.9 Å². The topological polar surface area (TPSA) is 50.7 Å². The molecule has 4 nitrogen and oxygen atoms in total. The van der Waals surface area contributed by atoms with Crippen LogP contribution in [-0.2, 0) is 4.79 Å². The number of hydrazone groups is 1. The first-order valence-electron chi connectivity index (χ1n) is 6.45. The van der Waals surface area contributed by atoms with Gasteiger partial charge in [-0.25, -0.2) is 5.43 Å². The minimum absolute atomic E-state index is 0.322. The van der Waals surface area contributed by atoms with Crippen molar-refractivity contribution in [3.63, 3.8) is 0 Å². The largest absolute Gasteiger partial charge is 0.481 e. The number of amides is 1. The highest BCUT2D eigenvalue weighted by Crippen LogP contribution is 2.16. The van der Waals surface area contributed by atoms with Crippen molar-refractivity contribution < 1.29 is 9.53 Å². The van der Waals surface area contributed by atoms with Crippen molar-refractivity contribution in [3.8, 4) is 5.75 Å². The number of ether oxygens (including phenoxy) is 1. The second kappa shape index (κ2) is 7.45. The smallest absolute Gasteiger partial charge is 0.280 e. The average molecular weight is 303 g/mol. The van der Waals surface area contributed by atoms with Crippen LogP contribution in [0.25, 0.3) is 0 Å². The van der Waals surface area contributed by atoms with Crippen LogP contribution in [0.2, 0.25) is 5.02 Å². The fraction of sp³-hybridized carbons (Fsp3) is 0.125. The average Bonchev–Trinajstić information content (AvgIpc) is 2.50. The number of nitrogens with zero attached hydrogens (tertiary/aromatic N) is 1. The Kier molecular flexibility index (Phi) is 5.35. The van der Waals surface area contributed by atoms with Gasteiger partial charge in [-0.15, -0.1) is 0 Å². The molecule has 0 aliphatic carbocycles. The summed E-state index contributed by atoms with van der Waals surface area (Å²) in [6.07, 6.45) is 0.923. The van der Waals surface area contributed by atoms with E-state index < -0.39 is 6.10 Å². The summed E-state index contributed by atoms with van der Waals surface area (Å²) in [7, 11) is 0. The molecular weight excluding hydrogens is 288 g/mol. The Morgan fingerprint density at radius 1 is 1.19 bits per heavy atom. The summed E-state index contributed by atoms with van der Waals surface area (Å²) in [5, 5.41) is 4.51. The first-order chi connectivity index (χ1) is 10.1. The van der Waals surface area contributed by atoms with Gasteiger partial charge in [-0.2, -0.15) is 5.10 Å². The van der Waals surface area contributed by atoms with Crippen molar-refractivity contribution in [1.29, 1.82) is 0 Å². The fourth-order valence-corrected chi connectivity index (χ4v) is 1.70. The molecule has 0 spiro atoms. The standard InChI is InChI=1S/C16H15ClN2O2/c1-12(21-15-9-7-14(17)8-10-15)16(20)19-18-11-13-5-3-2-4-6-13/h2-12H,1H3,(H,19,20). The van der Waals surface area contributed by atoms with Crippen LogP contribution < -0.4 is 10.2 Å². The number of hydrogen-bond acceptors (Lipinski definition) is 3. The van der Waals surface area contributed by atoms with Gasteiger partial charge < -0.3 is 4.74 Å². The molecule has 2 rings (SSSR count). The SMILES string of the molecule is CC(Oc1ccc(Cl)cc1)C(=O)NN=Cc1ccccc1. The highest BCUT2D eigenvalue weighted by atomic mass is 35.5. The Morgan fingerprint density at radius 3 is 2.52 bits per heavy atom. The Balaban J connectivity index is 1.85. The molecule has 0 heterocycles. The van der Waals surface area contributed by atoms with Crippen LogP contribution in [0.3, 0.4) is 0 Å². The van der Waals surface area contributed by atoms with Gasteiger partial charge in [-0.05, 0) is 36.8 Å². The monoisotopic (exact) mass is 302 g/mol. The molecule has 1 N–H and O–H groups in total. The van der Waals surface area contributed by atoms with Gasteiger partial charge >= 0.3 is 0 Å². The predicted octanol–water partition coefficient (Wildman–Crippen LogP) is 3.26. The number of carbonyl (C=O) groups is 1. The van der Waals surface area contributed by atoms with Crippen molar-refractivity contribution >= 4 is 23.7 Å². The van der Waals surface area contributed by atoms with Crippen molar-refractivity contribution in [2.24, 2.45) is 5.10 Å². The number of rotatable bonds is 5. The van der Waals surface area contributed by atoms with Gasteiger partial charge in [0.2, 0.25) is 0 Å². The maximum absolute atomic E-state index is 11.8. The van der Waals surface area contributed by atoms with E-state index in [1.165, 1.54) is 0 Å². The molecule has 0 aliphatic heterocycles. The molecule has 5 heteroatoms. The van der Waals surface area contributed by atoms with E-state index in [4.69, 9.17) is 16.3 Å². The highest BCUT2D eigenvalue weighted by Gasteiger charge is 2.13. The van der Waals surface area contributed by atoms with E-state index in [1.807, 2.05) is 30.3 Å². The third-order valence-electron chi connectivity index (χ3n) is 2.68. The molecule has 1 amide bonds. The van der Waals surface area contributed by atoms with Crippen molar-refractivity contribution in [1.82, 2.24) is 5.43 Å². The third kappa shape index (κ3) is 4.93. The van der Waals surface area contributed by atoms with Gasteiger partial charge in [0.15, 0.2) is 6.10 Å². The zero-order valence-corrected chi connectivity index (χ0v) is 12.2. The van der Waals surface area contributed by atoms with E-state index in [9.17, 15) is 4.79 Å². The zero-order chi connectivity index (χ0) is 15.1. The normalized spacial score (nSPS) is 12.1. The molecule has 1 unspecified atom stereocenters. The van der Waals surface area contributed by atoms with Crippen LogP contribution in [0.1, 0.15) is 12.5 Å². The number of carbonyl (C=O) groups excluding carboxylic acids is 1. The fourth-order valence-electron chi connectivity index (χ4n) is 1.57. The van der Waals surface area contributed by atoms with Gasteiger partial charge in [-0.3, -0.25) is 4.79 Å². The number of nitrogens with one attached hydrogen (secondary N) is 1. The minimum atomic E-state index is -0.654. The van der Waals surface area contributed by atoms with Crippen molar-refractivity contribution in [2.75, 3.05) is 0 Å². The summed E-state index contributed by atoms with van der Waals surface area (Å²) >= 11 is 5.78. The van der Waals surface area contributed by atoms with Gasteiger partial charge in [0.25, 0.3) is 5.91 Å². The molecule has 2 aromatic rings. The maximum atomic E-state index is 11.8. The lowest BCUT2D eigenvalue weighted by molar-refractivity contribution is -0.127. The molecule has 0 fully saturated rings. The summed E-state index contributed by atoms with van der Waals surface area (Å²) in [4.78, 5) is 11.8. The first-order valence-corrected chi connectivity index (χ1v) is 6.83. The Morgan fingerprint density at radius 2 is 1.86 bits per heavy atom. The lowest BCUT2D eigenvalue weighted by Crippen LogP contribution is -2.33. The van der Waals surface area contributed by atoms with Crippen LogP contribution in [0.5, 0.6) is 5.75 Å². The molecule has 21 heavy (non-hydrogen) atoms. The molecule has 108 valence electrons. The van der Waals surface area contributed by atoms with Crippen LogP contribution in [0.15, 0.2) is 59.7 Å². The van der Waals surface area contributed by atoms with Gasteiger partial charge in [0, 0.05) is 5.02 Å². The quantitative estimate of drug-likeness (QED) is 0.681. The Labute approximate surface area is 128 Å². The highest BCUT2D eigenvalue weighted by molar-refractivity contribution is 6.30. The molecule has 0 saturated heterocycles. The molecular formula is C16H15ClN2O2.